The van der Waals surface area contributed by atoms with Crippen LogP contribution in [-0.4, -0.2) is 14.9 Å². The highest BCUT2D eigenvalue weighted by Crippen LogP contribution is 2.05. The maximum absolute atomic E-state index is 12.8. The second-order valence-corrected chi connectivity index (χ2v) is 4.55. The van der Waals surface area contributed by atoms with E-state index in [4.69, 9.17) is 0 Å². The highest BCUT2D eigenvalue weighted by atomic mass is 19.1. The summed E-state index contributed by atoms with van der Waals surface area (Å²) < 4.78 is 15.0. The molecule has 1 aromatic carbocycles. The molecule has 0 amide bonds. The number of ketones is 1. The van der Waals surface area contributed by atoms with E-state index < -0.39 is 17.1 Å². The fourth-order valence-corrected chi connectivity index (χ4v) is 1.83. The Morgan fingerprint density at radius 1 is 1.14 bits per heavy atom. The van der Waals surface area contributed by atoms with Gasteiger partial charge in [0.1, 0.15) is 5.82 Å². The van der Waals surface area contributed by atoms with E-state index in [0.29, 0.717) is 5.56 Å². The summed E-state index contributed by atoms with van der Waals surface area (Å²) in [5.41, 5.74) is -0.396. The zero-order valence-corrected chi connectivity index (χ0v) is 11.5. The quantitative estimate of drug-likeness (QED) is 0.628. The normalized spacial score (nSPS) is 11.0. The van der Waals surface area contributed by atoms with Crippen molar-refractivity contribution in [3.05, 3.63) is 74.3 Å². The molecule has 0 saturated heterocycles. The molecule has 21 heavy (non-hydrogen) atoms. The van der Waals surface area contributed by atoms with E-state index in [2.05, 4.69) is 0 Å². The van der Waals surface area contributed by atoms with Gasteiger partial charge >= 0.3 is 5.69 Å². The molecule has 0 atom stereocenters. The van der Waals surface area contributed by atoms with Crippen LogP contribution in [-0.2, 0) is 14.1 Å². The smallest absolute Gasteiger partial charge is 0.303 e. The third-order valence-electron chi connectivity index (χ3n) is 3.02. The van der Waals surface area contributed by atoms with Gasteiger partial charge in [0.25, 0.3) is 5.56 Å². The van der Waals surface area contributed by atoms with Gasteiger partial charge in [-0.15, -0.1) is 0 Å². The number of carbonyl (C=O) groups excluding carboxylic acids is 1. The van der Waals surface area contributed by atoms with Crippen molar-refractivity contribution >= 4 is 11.9 Å². The lowest BCUT2D eigenvalue weighted by molar-refractivity contribution is 0.104. The molecular weight excluding hydrogens is 275 g/mol. The zero-order valence-electron chi connectivity index (χ0n) is 11.5. The van der Waals surface area contributed by atoms with Crippen molar-refractivity contribution in [2.45, 2.75) is 0 Å². The number of benzene rings is 1. The van der Waals surface area contributed by atoms with Gasteiger partial charge in [-0.05, 0) is 36.4 Å². The Morgan fingerprint density at radius 2 is 1.76 bits per heavy atom. The van der Waals surface area contributed by atoms with E-state index in [1.165, 1.54) is 61.3 Å². The number of hydrogen-bond donors (Lipinski definition) is 0. The minimum absolute atomic E-state index is 0.218. The second-order valence-electron chi connectivity index (χ2n) is 4.55. The van der Waals surface area contributed by atoms with Crippen LogP contribution in [0.25, 0.3) is 6.08 Å². The molecule has 0 fully saturated rings. The number of hydrogen-bond acceptors (Lipinski definition) is 3. The molecule has 0 bridgehead atoms. The Kier molecular flexibility index (Phi) is 3.98. The van der Waals surface area contributed by atoms with Crippen LogP contribution in [0.5, 0.6) is 0 Å². The van der Waals surface area contributed by atoms with Crippen molar-refractivity contribution in [2.75, 3.05) is 0 Å². The fraction of sp³-hybridized carbons (Fsp3) is 0.133. The van der Waals surface area contributed by atoms with Crippen LogP contribution in [0, 0.1) is 5.82 Å². The van der Waals surface area contributed by atoms with E-state index in [9.17, 15) is 18.8 Å². The molecule has 5 nitrogen and oxygen atoms in total. The molecule has 0 unspecified atom stereocenters. The summed E-state index contributed by atoms with van der Waals surface area (Å²) in [6.07, 6.45) is 3.92. The Morgan fingerprint density at radius 3 is 2.38 bits per heavy atom. The molecule has 0 N–H and O–H groups in total. The van der Waals surface area contributed by atoms with Crippen LogP contribution in [0.4, 0.5) is 4.39 Å². The minimum atomic E-state index is -0.485. The number of halogens is 1. The van der Waals surface area contributed by atoms with Gasteiger partial charge in [-0.3, -0.25) is 14.2 Å². The summed E-state index contributed by atoms with van der Waals surface area (Å²) in [7, 11) is 2.88. The van der Waals surface area contributed by atoms with Crippen molar-refractivity contribution in [3.8, 4) is 0 Å². The lowest BCUT2D eigenvalue weighted by Gasteiger charge is -2.03. The summed E-state index contributed by atoms with van der Waals surface area (Å²) in [4.78, 5) is 35.3. The van der Waals surface area contributed by atoms with Gasteiger partial charge in [-0.25, -0.2) is 9.18 Å². The lowest BCUT2D eigenvalue weighted by Crippen LogP contribution is -2.37. The van der Waals surface area contributed by atoms with E-state index in [1.807, 2.05) is 0 Å². The van der Waals surface area contributed by atoms with Crippen molar-refractivity contribution in [3.63, 3.8) is 0 Å². The molecular formula is C15H13FN2O3. The van der Waals surface area contributed by atoms with E-state index in [1.54, 1.807) is 0 Å². The van der Waals surface area contributed by atoms with Crippen LogP contribution in [0.1, 0.15) is 15.9 Å². The van der Waals surface area contributed by atoms with Crippen LogP contribution < -0.4 is 11.2 Å². The predicted octanol–water partition coefficient (Wildman–Crippen LogP) is 1.12. The Balaban J connectivity index is 2.34. The maximum atomic E-state index is 12.8. The van der Waals surface area contributed by atoms with Gasteiger partial charge in [-0.2, -0.15) is 0 Å². The summed E-state index contributed by atoms with van der Waals surface area (Å²) in [6, 6.07) is 5.10. The number of carbonyl (C=O) groups is 1. The second kappa shape index (κ2) is 5.70. The number of aryl methyl sites for hydroxylation is 1. The largest absolute Gasteiger partial charge is 0.330 e. The lowest BCUT2D eigenvalue weighted by atomic mass is 10.1. The molecule has 0 radical (unpaired) electrons. The van der Waals surface area contributed by atoms with E-state index in [0.717, 1.165) is 4.57 Å². The average molecular weight is 288 g/mol. The number of aromatic nitrogens is 2. The highest BCUT2D eigenvalue weighted by molar-refractivity contribution is 6.06. The van der Waals surface area contributed by atoms with Crippen LogP contribution >= 0.6 is 0 Å². The van der Waals surface area contributed by atoms with E-state index >= 15 is 0 Å². The average Bonchev–Trinajstić information content (AvgIpc) is 2.48. The third kappa shape index (κ3) is 3.05. The maximum Gasteiger partial charge on any atom is 0.330 e. The molecule has 0 spiro atoms. The monoisotopic (exact) mass is 288 g/mol. The van der Waals surface area contributed by atoms with Gasteiger partial charge in [0.05, 0.1) is 5.56 Å². The summed E-state index contributed by atoms with van der Waals surface area (Å²) in [5, 5.41) is 0. The Hall–Kier alpha value is -2.76. The van der Waals surface area contributed by atoms with Crippen LogP contribution in [0.3, 0.4) is 0 Å². The molecule has 0 aliphatic carbocycles. The van der Waals surface area contributed by atoms with Gasteiger partial charge in [0, 0.05) is 25.9 Å². The van der Waals surface area contributed by atoms with Crippen molar-refractivity contribution in [1.29, 1.82) is 0 Å². The van der Waals surface area contributed by atoms with Crippen molar-refractivity contribution in [1.82, 2.24) is 9.13 Å². The minimum Gasteiger partial charge on any atom is -0.303 e. The van der Waals surface area contributed by atoms with Crippen LogP contribution in [0.15, 0.2) is 46.1 Å². The summed E-state index contributed by atoms with van der Waals surface area (Å²) >= 11 is 0. The fourth-order valence-electron chi connectivity index (χ4n) is 1.83. The standard InChI is InChI=1S/C15H13FN2O3/c1-17-9-11(14(20)18(2)15(17)21)5-8-13(19)10-3-6-12(16)7-4-10/h3-9H,1-2H3. The Bertz CT molecular complexity index is 829. The zero-order chi connectivity index (χ0) is 15.6. The SMILES string of the molecule is Cn1cc(C=CC(=O)c2ccc(F)cc2)c(=O)n(C)c1=O. The number of nitrogens with zero attached hydrogens (tertiary/aromatic N) is 2. The molecule has 2 rings (SSSR count). The number of allylic oxidation sites excluding steroid dienone is 1. The van der Waals surface area contributed by atoms with Gasteiger partial charge in [0.2, 0.25) is 0 Å². The molecule has 6 heteroatoms. The first-order valence-corrected chi connectivity index (χ1v) is 6.15. The predicted molar refractivity (Wildman–Crippen MR) is 76.7 cm³/mol. The summed E-state index contributed by atoms with van der Waals surface area (Å²) in [5.74, 6) is -0.784. The molecule has 0 saturated carbocycles. The van der Waals surface area contributed by atoms with Crippen molar-refractivity contribution < 1.29 is 9.18 Å². The molecule has 0 aliphatic heterocycles. The Labute approximate surface area is 119 Å². The molecule has 2 aromatic rings. The van der Waals surface area contributed by atoms with Gasteiger partial charge < -0.3 is 4.57 Å². The van der Waals surface area contributed by atoms with Gasteiger partial charge in [-0.1, -0.05) is 0 Å². The first-order valence-electron chi connectivity index (χ1n) is 6.15. The topological polar surface area (TPSA) is 61.1 Å². The first-order chi connectivity index (χ1) is 9.90. The molecule has 1 aromatic heterocycles. The van der Waals surface area contributed by atoms with E-state index in [-0.39, 0.29) is 11.3 Å². The highest BCUT2D eigenvalue weighted by Gasteiger charge is 2.06. The molecule has 108 valence electrons. The summed E-state index contributed by atoms with van der Waals surface area (Å²) in [6.45, 7) is 0. The third-order valence-corrected chi connectivity index (χ3v) is 3.02. The number of rotatable bonds is 3. The van der Waals surface area contributed by atoms with Crippen molar-refractivity contribution in [2.24, 2.45) is 14.1 Å². The first kappa shape index (κ1) is 14.6. The molecule has 1 heterocycles. The van der Waals surface area contributed by atoms with Crippen LogP contribution in [0.2, 0.25) is 0 Å². The van der Waals surface area contributed by atoms with Gasteiger partial charge in [0.15, 0.2) is 5.78 Å². The molecule has 0 aliphatic rings.